The van der Waals surface area contributed by atoms with E-state index in [1.165, 1.54) is 0 Å². The Morgan fingerprint density at radius 3 is 1.14 bits per heavy atom. The van der Waals surface area contributed by atoms with Crippen molar-refractivity contribution in [3.05, 3.63) is 0 Å². The summed E-state index contributed by atoms with van der Waals surface area (Å²) in [5, 5.41) is 3.32. The Morgan fingerprint density at radius 1 is 0.512 bits per heavy atom. The van der Waals surface area contributed by atoms with Gasteiger partial charge in [-0.2, -0.15) is 0 Å². The number of hydrogen-bond acceptors (Lipinski definition) is 13. The molecule has 0 aromatic heterocycles. The van der Waals surface area contributed by atoms with Gasteiger partial charge < -0.3 is 57.4 Å². The van der Waals surface area contributed by atoms with Gasteiger partial charge in [0.2, 0.25) is 0 Å². The van der Waals surface area contributed by atoms with Gasteiger partial charge in [0.25, 0.3) is 0 Å². The number of carbonyl (C=O) groups is 1. The molecule has 0 aliphatic carbocycles. The largest absolute Gasteiger partial charge is 0.460 e. The minimum atomic E-state index is -0.470. The monoisotopic (exact) mass is 625 g/mol. The van der Waals surface area contributed by atoms with Gasteiger partial charge in [-0.05, 0) is 46.7 Å². The van der Waals surface area contributed by atoms with Crippen molar-refractivity contribution < 1.29 is 56.9 Å². The van der Waals surface area contributed by atoms with Gasteiger partial charge in [0.05, 0.1) is 138 Å². The molecule has 13 heteroatoms. The lowest BCUT2D eigenvalue weighted by atomic mass is 10.1. The molecule has 0 amide bonds. The van der Waals surface area contributed by atoms with Crippen LogP contribution in [0.2, 0.25) is 0 Å². The number of hydrogen-bond donors (Lipinski definition) is 1. The molecule has 1 saturated heterocycles. The molecule has 256 valence electrons. The second-order valence-corrected chi connectivity index (χ2v) is 10.7. The first kappa shape index (κ1) is 40.1. The Morgan fingerprint density at radius 2 is 0.814 bits per heavy atom. The van der Waals surface area contributed by atoms with Crippen LogP contribution in [0.4, 0.5) is 0 Å². The fraction of sp³-hybridized carbons (Fsp3) is 0.967. The lowest BCUT2D eigenvalue weighted by Crippen LogP contribution is -2.33. The van der Waals surface area contributed by atoms with E-state index in [1.54, 1.807) is 0 Å². The lowest BCUT2D eigenvalue weighted by molar-refractivity contribution is -0.156. The molecule has 0 saturated carbocycles. The van der Waals surface area contributed by atoms with E-state index in [4.69, 9.17) is 52.1 Å². The van der Waals surface area contributed by atoms with Gasteiger partial charge in [-0.15, -0.1) is 0 Å². The maximum Gasteiger partial charge on any atom is 0.308 e. The first-order valence-corrected chi connectivity index (χ1v) is 15.7. The van der Waals surface area contributed by atoms with Crippen LogP contribution in [0.25, 0.3) is 0 Å². The highest BCUT2D eigenvalue weighted by molar-refractivity contribution is 5.69. The average molecular weight is 626 g/mol. The first-order valence-electron chi connectivity index (χ1n) is 15.7. The number of rotatable bonds is 31. The molecule has 0 bridgehead atoms. The van der Waals surface area contributed by atoms with Crippen LogP contribution < -0.4 is 5.32 Å². The average Bonchev–Trinajstić information content (AvgIpc) is 2.97. The minimum absolute atomic E-state index is 0.236. The summed E-state index contributed by atoms with van der Waals surface area (Å²) in [6, 6.07) is 0. The molecular weight excluding hydrogens is 566 g/mol. The molecule has 1 heterocycles. The maximum absolute atomic E-state index is 11.6. The summed E-state index contributed by atoms with van der Waals surface area (Å²) in [6.07, 6.45) is 2.76. The second-order valence-electron chi connectivity index (χ2n) is 10.7. The summed E-state index contributed by atoms with van der Waals surface area (Å²) in [5.41, 5.74) is -0.470. The Kier molecular flexibility index (Phi) is 27.7. The predicted octanol–water partition coefficient (Wildman–Crippen LogP) is 1.64. The molecule has 43 heavy (non-hydrogen) atoms. The van der Waals surface area contributed by atoms with Crippen LogP contribution >= 0.6 is 0 Å². The summed E-state index contributed by atoms with van der Waals surface area (Å²) in [5.74, 6) is -0.262. The van der Waals surface area contributed by atoms with E-state index in [0.29, 0.717) is 132 Å². The highest BCUT2D eigenvalue weighted by atomic mass is 16.6. The van der Waals surface area contributed by atoms with Gasteiger partial charge in [0, 0.05) is 0 Å². The van der Waals surface area contributed by atoms with Crippen molar-refractivity contribution in [2.75, 3.05) is 139 Å². The minimum Gasteiger partial charge on any atom is -0.460 e. The molecule has 0 atom stereocenters. The fourth-order valence-corrected chi connectivity index (χ4v) is 3.65. The molecule has 0 aromatic carbocycles. The van der Waals surface area contributed by atoms with Gasteiger partial charge in [-0.25, -0.2) is 0 Å². The summed E-state index contributed by atoms with van der Waals surface area (Å²) in [4.78, 5) is 11.6. The van der Waals surface area contributed by atoms with E-state index in [0.717, 1.165) is 25.9 Å². The highest BCUT2D eigenvalue weighted by Crippen LogP contribution is 2.08. The smallest absolute Gasteiger partial charge is 0.308 e. The summed E-state index contributed by atoms with van der Waals surface area (Å²) < 4.78 is 60.1. The molecule has 1 aliphatic heterocycles. The molecule has 1 aliphatic rings. The molecule has 0 radical (unpaired) electrons. The number of piperidine rings is 1. The van der Waals surface area contributed by atoms with Gasteiger partial charge in [-0.1, -0.05) is 0 Å². The number of carbonyl (C=O) groups excluding carboxylic acids is 1. The van der Waals surface area contributed by atoms with Crippen molar-refractivity contribution in [3.8, 4) is 0 Å². The van der Waals surface area contributed by atoms with Crippen molar-refractivity contribution in [1.29, 1.82) is 0 Å². The van der Waals surface area contributed by atoms with Crippen LogP contribution in [0.15, 0.2) is 0 Å². The van der Waals surface area contributed by atoms with E-state index in [2.05, 4.69) is 5.32 Å². The zero-order valence-electron chi connectivity index (χ0n) is 26.9. The standard InChI is InChI=1S/C30H59NO12/c1-30(2,3)43-29(32)6-9-33-10-11-34-12-13-35-14-15-36-16-17-37-18-19-38-20-21-39-22-23-40-24-25-41-26-27-42-28-4-7-31-8-5-28/h28,31H,4-27H2,1-3H3. The third-order valence-corrected chi connectivity index (χ3v) is 5.71. The molecule has 13 nitrogen and oxygen atoms in total. The summed E-state index contributed by atoms with van der Waals surface area (Å²) in [6.45, 7) is 17.2. The maximum atomic E-state index is 11.6. The Labute approximate surface area is 258 Å². The lowest BCUT2D eigenvalue weighted by Gasteiger charge is -2.22. The van der Waals surface area contributed by atoms with E-state index >= 15 is 0 Å². The van der Waals surface area contributed by atoms with E-state index in [1.807, 2.05) is 20.8 Å². The van der Waals surface area contributed by atoms with Crippen molar-refractivity contribution in [2.24, 2.45) is 0 Å². The quantitative estimate of drug-likeness (QED) is 0.0886. The van der Waals surface area contributed by atoms with Crippen molar-refractivity contribution in [3.63, 3.8) is 0 Å². The van der Waals surface area contributed by atoms with E-state index in [-0.39, 0.29) is 12.4 Å². The first-order chi connectivity index (χ1) is 21.0. The molecule has 0 unspecified atom stereocenters. The van der Waals surface area contributed by atoms with Crippen molar-refractivity contribution in [1.82, 2.24) is 5.32 Å². The van der Waals surface area contributed by atoms with Crippen LogP contribution in [-0.2, 0) is 56.9 Å². The molecule has 1 fully saturated rings. The van der Waals surface area contributed by atoms with Crippen LogP contribution in [0.3, 0.4) is 0 Å². The van der Waals surface area contributed by atoms with Crippen LogP contribution in [-0.4, -0.2) is 156 Å². The number of esters is 1. The molecular formula is C30H59NO12. The van der Waals surface area contributed by atoms with Gasteiger partial charge in [-0.3, -0.25) is 4.79 Å². The highest BCUT2D eigenvalue weighted by Gasteiger charge is 2.15. The van der Waals surface area contributed by atoms with Gasteiger partial charge in [0.15, 0.2) is 0 Å². The topological polar surface area (TPSA) is 131 Å². The van der Waals surface area contributed by atoms with E-state index in [9.17, 15) is 4.79 Å². The molecule has 0 aromatic rings. The Hall–Kier alpha value is -0.970. The number of nitrogens with one attached hydrogen (secondary N) is 1. The SMILES string of the molecule is CC(C)(C)OC(=O)CCOCCOCCOCCOCCOCCOCCOCCOCCOCCOC1CCNCC1. The van der Waals surface area contributed by atoms with Crippen molar-refractivity contribution >= 4 is 5.97 Å². The Balaban J connectivity index is 1.63. The third kappa shape index (κ3) is 30.8. The predicted molar refractivity (Wildman–Crippen MR) is 160 cm³/mol. The van der Waals surface area contributed by atoms with Crippen LogP contribution in [0.1, 0.15) is 40.0 Å². The zero-order valence-corrected chi connectivity index (χ0v) is 26.9. The Bertz CT molecular complexity index is 602. The second kappa shape index (κ2) is 29.7. The molecule has 0 spiro atoms. The fourth-order valence-electron chi connectivity index (χ4n) is 3.65. The summed E-state index contributed by atoms with van der Waals surface area (Å²) in [7, 11) is 0. The van der Waals surface area contributed by atoms with Crippen LogP contribution in [0, 0.1) is 0 Å². The van der Waals surface area contributed by atoms with Gasteiger partial charge >= 0.3 is 5.97 Å². The zero-order chi connectivity index (χ0) is 31.1. The van der Waals surface area contributed by atoms with Crippen molar-refractivity contribution in [2.45, 2.75) is 51.7 Å². The normalized spacial score (nSPS) is 14.4. The van der Waals surface area contributed by atoms with Crippen LogP contribution in [0.5, 0.6) is 0 Å². The summed E-state index contributed by atoms with van der Waals surface area (Å²) >= 11 is 0. The van der Waals surface area contributed by atoms with Gasteiger partial charge in [0.1, 0.15) is 5.60 Å². The molecule has 1 N–H and O–H groups in total. The number of ether oxygens (including phenoxy) is 11. The van der Waals surface area contributed by atoms with E-state index < -0.39 is 5.60 Å². The third-order valence-electron chi connectivity index (χ3n) is 5.71. The molecule has 1 rings (SSSR count).